The highest BCUT2D eigenvalue weighted by Gasteiger charge is 2.23. The van der Waals surface area contributed by atoms with E-state index in [1.54, 1.807) is 18.2 Å². The molecule has 0 spiro atoms. The molecule has 20 heavy (non-hydrogen) atoms. The lowest BCUT2D eigenvalue weighted by Gasteiger charge is -2.10. The molecule has 2 aromatic carbocycles. The number of hydrogen-bond donors (Lipinski definition) is 0. The Labute approximate surface area is 136 Å². The molecule has 0 N–H and O–H groups in total. The number of Topliss-reactive ketones (excluding diaryl/α,β-unsaturated/α-hetero) is 1. The molecule has 0 amide bonds. The molecular formula is C16H11ClINO. The molecule has 0 saturated carbocycles. The number of ketones is 1. The molecule has 2 nitrogen and oxygen atoms in total. The number of nitrogens with zero attached hydrogens (tertiary/aromatic N) is 1. The van der Waals surface area contributed by atoms with Gasteiger partial charge in [0.2, 0.25) is 0 Å². The zero-order chi connectivity index (χ0) is 14.7. The normalized spacial score (nSPS) is 11.7. The first-order chi connectivity index (χ1) is 9.52. The third-order valence-electron chi connectivity index (χ3n) is 3.00. The Kier molecular flexibility index (Phi) is 4.79. The molecule has 0 aromatic heterocycles. The number of halogens is 2. The van der Waals surface area contributed by atoms with E-state index >= 15 is 0 Å². The SMILES string of the molecule is Cc1ccc(C(C#N)C(=O)c2cc(Cl)ccc2I)cc1. The number of carbonyl (C=O) groups excluding carboxylic acids is 1. The summed E-state index contributed by atoms with van der Waals surface area (Å²) in [4.78, 5) is 12.5. The lowest BCUT2D eigenvalue weighted by Crippen LogP contribution is -2.12. The van der Waals surface area contributed by atoms with Crippen molar-refractivity contribution in [2.45, 2.75) is 12.8 Å². The fraction of sp³-hybridized carbons (Fsp3) is 0.125. The third-order valence-corrected chi connectivity index (χ3v) is 4.17. The topological polar surface area (TPSA) is 40.9 Å². The van der Waals surface area contributed by atoms with E-state index in [2.05, 4.69) is 28.7 Å². The predicted octanol–water partition coefficient (Wildman–Crippen LogP) is 4.74. The summed E-state index contributed by atoms with van der Waals surface area (Å²) in [5.74, 6) is -1.02. The minimum absolute atomic E-state index is 0.219. The first kappa shape index (κ1) is 15.0. The van der Waals surface area contributed by atoms with Gasteiger partial charge in [0.15, 0.2) is 5.78 Å². The quantitative estimate of drug-likeness (QED) is 0.556. The summed E-state index contributed by atoms with van der Waals surface area (Å²) < 4.78 is 0.796. The Bertz CT molecular complexity index is 689. The van der Waals surface area contributed by atoms with Gasteiger partial charge in [-0.2, -0.15) is 5.26 Å². The Morgan fingerprint density at radius 3 is 2.50 bits per heavy atom. The lowest BCUT2D eigenvalue weighted by atomic mass is 9.91. The molecule has 0 radical (unpaired) electrons. The number of benzene rings is 2. The number of hydrogen-bond acceptors (Lipinski definition) is 2. The highest BCUT2D eigenvalue weighted by molar-refractivity contribution is 14.1. The fourth-order valence-corrected chi connectivity index (χ4v) is 2.66. The Morgan fingerprint density at radius 1 is 1.25 bits per heavy atom. The van der Waals surface area contributed by atoms with E-state index in [9.17, 15) is 10.1 Å². The molecule has 2 aromatic rings. The zero-order valence-corrected chi connectivity index (χ0v) is 13.6. The van der Waals surface area contributed by atoms with Crippen molar-refractivity contribution in [1.29, 1.82) is 5.26 Å². The minimum atomic E-state index is -0.803. The van der Waals surface area contributed by atoms with Crippen LogP contribution in [0.2, 0.25) is 5.02 Å². The van der Waals surface area contributed by atoms with E-state index in [1.165, 1.54) is 0 Å². The maximum atomic E-state index is 12.5. The van der Waals surface area contributed by atoms with Gasteiger partial charge in [-0.25, -0.2) is 0 Å². The van der Waals surface area contributed by atoms with Crippen molar-refractivity contribution >= 4 is 40.0 Å². The minimum Gasteiger partial charge on any atom is -0.292 e. The smallest absolute Gasteiger partial charge is 0.185 e. The van der Waals surface area contributed by atoms with Crippen molar-refractivity contribution in [1.82, 2.24) is 0 Å². The summed E-state index contributed by atoms with van der Waals surface area (Å²) in [6, 6.07) is 14.6. The number of carbonyl (C=O) groups is 1. The van der Waals surface area contributed by atoms with Gasteiger partial charge in [0.1, 0.15) is 5.92 Å². The second-order valence-electron chi connectivity index (χ2n) is 4.46. The maximum absolute atomic E-state index is 12.5. The first-order valence-corrected chi connectivity index (χ1v) is 7.44. The van der Waals surface area contributed by atoms with Crippen LogP contribution in [0.5, 0.6) is 0 Å². The maximum Gasteiger partial charge on any atom is 0.185 e. The average Bonchev–Trinajstić information content (AvgIpc) is 2.44. The van der Waals surface area contributed by atoms with Crippen molar-refractivity contribution in [2.75, 3.05) is 0 Å². The van der Waals surface area contributed by atoms with Crippen molar-refractivity contribution in [2.24, 2.45) is 0 Å². The fourth-order valence-electron chi connectivity index (χ4n) is 1.89. The van der Waals surface area contributed by atoms with Crippen LogP contribution in [0.15, 0.2) is 42.5 Å². The molecule has 0 aliphatic heterocycles. The Morgan fingerprint density at radius 2 is 1.90 bits per heavy atom. The number of rotatable bonds is 3. The second kappa shape index (κ2) is 6.38. The van der Waals surface area contributed by atoms with Crippen molar-refractivity contribution < 1.29 is 4.79 Å². The molecule has 1 atom stereocenters. The van der Waals surface area contributed by atoms with Gasteiger partial charge in [-0.3, -0.25) is 4.79 Å². The molecule has 0 bridgehead atoms. The molecule has 0 fully saturated rings. The van der Waals surface area contributed by atoms with Crippen molar-refractivity contribution in [3.63, 3.8) is 0 Å². The van der Waals surface area contributed by atoms with Crippen LogP contribution in [0, 0.1) is 21.8 Å². The van der Waals surface area contributed by atoms with Crippen molar-refractivity contribution in [3.05, 3.63) is 67.7 Å². The highest BCUT2D eigenvalue weighted by atomic mass is 127. The summed E-state index contributed by atoms with van der Waals surface area (Å²) >= 11 is 8.01. The van der Waals surface area contributed by atoms with Gasteiger partial charge in [0, 0.05) is 14.2 Å². The van der Waals surface area contributed by atoms with Crippen LogP contribution in [0.25, 0.3) is 0 Å². The molecular weight excluding hydrogens is 385 g/mol. The molecule has 2 rings (SSSR count). The monoisotopic (exact) mass is 395 g/mol. The van der Waals surface area contributed by atoms with Crippen molar-refractivity contribution in [3.8, 4) is 6.07 Å². The summed E-state index contributed by atoms with van der Waals surface area (Å²) in [7, 11) is 0. The summed E-state index contributed by atoms with van der Waals surface area (Å²) in [5.41, 5.74) is 2.29. The predicted molar refractivity (Wildman–Crippen MR) is 88.0 cm³/mol. The standard InChI is InChI=1S/C16H11ClINO/c1-10-2-4-11(5-3-10)14(9-19)16(20)13-8-12(17)6-7-15(13)18/h2-8,14H,1H3. The van der Waals surface area contributed by atoms with Crippen LogP contribution in [0.3, 0.4) is 0 Å². The van der Waals surface area contributed by atoms with Gasteiger partial charge in [-0.1, -0.05) is 41.4 Å². The van der Waals surface area contributed by atoms with Gasteiger partial charge in [0.25, 0.3) is 0 Å². The zero-order valence-electron chi connectivity index (χ0n) is 10.7. The van der Waals surface area contributed by atoms with Gasteiger partial charge in [-0.05, 0) is 53.3 Å². The molecule has 1 unspecified atom stereocenters. The van der Waals surface area contributed by atoms with Crippen LogP contribution in [0.4, 0.5) is 0 Å². The van der Waals surface area contributed by atoms with Crippen LogP contribution in [-0.4, -0.2) is 5.78 Å². The van der Waals surface area contributed by atoms with Crippen LogP contribution in [-0.2, 0) is 0 Å². The number of nitriles is 1. The van der Waals surface area contributed by atoms with E-state index in [-0.39, 0.29) is 5.78 Å². The Balaban J connectivity index is 2.42. The van der Waals surface area contributed by atoms with E-state index in [0.29, 0.717) is 16.1 Å². The molecule has 0 aliphatic rings. The summed E-state index contributed by atoms with van der Waals surface area (Å²) in [5, 5.41) is 9.83. The van der Waals surface area contributed by atoms with E-state index in [4.69, 9.17) is 11.6 Å². The van der Waals surface area contributed by atoms with Gasteiger partial charge < -0.3 is 0 Å². The highest BCUT2D eigenvalue weighted by Crippen LogP contribution is 2.25. The van der Waals surface area contributed by atoms with E-state index in [1.807, 2.05) is 31.2 Å². The largest absolute Gasteiger partial charge is 0.292 e. The van der Waals surface area contributed by atoms with Gasteiger partial charge in [-0.15, -0.1) is 0 Å². The van der Waals surface area contributed by atoms with Crippen LogP contribution >= 0.6 is 34.2 Å². The van der Waals surface area contributed by atoms with E-state index in [0.717, 1.165) is 9.13 Å². The summed E-state index contributed by atoms with van der Waals surface area (Å²) in [6.07, 6.45) is 0. The third kappa shape index (κ3) is 3.20. The molecule has 4 heteroatoms. The number of aryl methyl sites for hydroxylation is 1. The van der Waals surface area contributed by atoms with E-state index < -0.39 is 5.92 Å². The average molecular weight is 396 g/mol. The molecule has 100 valence electrons. The second-order valence-corrected chi connectivity index (χ2v) is 6.06. The lowest BCUT2D eigenvalue weighted by molar-refractivity contribution is 0.0978. The van der Waals surface area contributed by atoms with Crippen LogP contribution < -0.4 is 0 Å². The first-order valence-electron chi connectivity index (χ1n) is 5.98. The molecule has 0 aliphatic carbocycles. The molecule has 0 heterocycles. The Hall–Kier alpha value is -1.38. The van der Waals surface area contributed by atoms with Gasteiger partial charge in [0.05, 0.1) is 6.07 Å². The summed E-state index contributed by atoms with van der Waals surface area (Å²) in [6.45, 7) is 1.97. The molecule has 0 saturated heterocycles. The van der Waals surface area contributed by atoms with Gasteiger partial charge >= 0.3 is 0 Å². The van der Waals surface area contributed by atoms with Crippen LogP contribution in [0.1, 0.15) is 27.4 Å².